The van der Waals surface area contributed by atoms with E-state index in [9.17, 15) is 9.59 Å². The smallest absolute Gasteiger partial charge is 0.224 e. The first-order chi connectivity index (χ1) is 13.5. The van der Waals surface area contributed by atoms with E-state index in [1.54, 1.807) is 11.3 Å². The molecule has 28 heavy (non-hydrogen) atoms. The first kappa shape index (κ1) is 20.5. The molecule has 3 rings (SSSR count). The fourth-order valence-corrected chi connectivity index (χ4v) is 4.42. The SMILES string of the molecule is CCC(=O)C[C@H](CNC(=O)Cc1ccccc1)Cc1nc2ccc(Cl)cc2s1. The van der Waals surface area contributed by atoms with E-state index in [0.717, 1.165) is 20.8 Å². The maximum Gasteiger partial charge on any atom is 0.224 e. The predicted octanol–water partition coefficient (Wildman–Crippen LogP) is 4.84. The number of aromatic nitrogens is 1. The van der Waals surface area contributed by atoms with Crippen molar-refractivity contribution in [2.75, 3.05) is 6.54 Å². The summed E-state index contributed by atoms with van der Waals surface area (Å²) in [6, 6.07) is 15.3. The topological polar surface area (TPSA) is 59.1 Å². The Morgan fingerprint density at radius 1 is 1.18 bits per heavy atom. The Bertz CT molecular complexity index is 956. The van der Waals surface area contributed by atoms with Crippen LogP contribution in [0.5, 0.6) is 0 Å². The van der Waals surface area contributed by atoms with Crippen molar-refractivity contribution in [3.8, 4) is 0 Å². The molecule has 1 atom stereocenters. The Labute approximate surface area is 173 Å². The lowest BCUT2D eigenvalue weighted by atomic mass is 9.97. The van der Waals surface area contributed by atoms with Crippen molar-refractivity contribution in [3.05, 3.63) is 64.1 Å². The van der Waals surface area contributed by atoms with Gasteiger partial charge in [-0.3, -0.25) is 9.59 Å². The van der Waals surface area contributed by atoms with Gasteiger partial charge in [-0.2, -0.15) is 0 Å². The van der Waals surface area contributed by atoms with E-state index < -0.39 is 0 Å². The largest absolute Gasteiger partial charge is 0.356 e. The second-order valence-electron chi connectivity index (χ2n) is 6.85. The van der Waals surface area contributed by atoms with Crippen LogP contribution in [0.15, 0.2) is 48.5 Å². The molecule has 3 aromatic rings. The minimum absolute atomic E-state index is 0.0307. The Morgan fingerprint density at radius 3 is 2.71 bits per heavy atom. The zero-order valence-corrected chi connectivity index (χ0v) is 17.4. The number of thiazole rings is 1. The molecule has 4 nitrogen and oxygen atoms in total. The van der Waals surface area contributed by atoms with Crippen molar-refractivity contribution >= 4 is 44.8 Å². The first-order valence-electron chi connectivity index (χ1n) is 9.40. The summed E-state index contributed by atoms with van der Waals surface area (Å²) in [7, 11) is 0. The Morgan fingerprint density at radius 2 is 1.96 bits per heavy atom. The number of halogens is 1. The number of hydrogen-bond donors (Lipinski definition) is 1. The van der Waals surface area contributed by atoms with Crippen molar-refractivity contribution in [1.82, 2.24) is 10.3 Å². The van der Waals surface area contributed by atoms with Gasteiger partial charge in [-0.25, -0.2) is 4.98 Å². The van der Waals surface area contributed by atoms with Crippen LogP contribution in [0.3, 0.4) is 0 Å². The second-order valence-corrected chi connectivity index (χ2v) is 8.40. The third kappa shape index (κ3) is 5.88. The molecule has 0 aliphatic carbocycles. The molecule has 0 saturated carbocycles. The van der Waals surface area contributed by atoms with Crippen LogP contribution in [0.1, 0.15) is 30.3 Å². The van der Waals surface area contributed by atoms with E-state index in [0.29, 0.717) is 37.3 Å². The summed E-state index contributed by atoms with van der Waals surface area (Å²) in [6.07, 6.45) is 1.95. The maximum absolute atomic E-state index is 12.3. The Balaban J connectivity index is 1.64. The number of amides is 1. The van der Waals surface area contributed by atoms with Crippen LogP contribution in [-0.4, -0.2) is 23.2 Å². The highest BCUT2D eigenvalue weighted by atomic mass is 35.5. The molecule has 2 aromatic carbocycles. The summed E-state index contributed by atoms with van der Waals surface area (Å²) in [4.78, 5) is 29.0. The van der Waals surface area contributed by atoms with E-state index in [1.165, 1.54) is 0 Å². The molecule has 0 saturated heterocycles. The summed E-state index contributed by atoms with van der Waals surface area (Å²) in [5.74, 6) is 0.200. The summed E-state index contributed by atoms with van der Waals surface area (Å²) in [5, 5.41) is 4.64. The van der Waals surface area contributed by atoms with E-state index in [-0.39, 0.29) is 17.6 Å². The number of ketones is 1. The van der Waals surface area contributed by atoms with E-state index in [4.69, 9.17) is 11.6 Å². The average Bonchev–Trinajstić information content (AvgIpc) is 3.08. The third-order valence-corrected chi connectivity index (χ3v) is 5.84. The lowest BCUT2D eigenvalue weighted by Crippen LogP contribution is -2.32. The third-order valence-electron chi connectivity index (χ3n) is 4.56. The second kappa shape index (κ2) is 9.80. The van der Waals surface area contributed by atoms with E-state index >= 15 is 0 Å². The van der Waals surface area contributed by atoms with Gasteiger partial charge in [0.15, 0.2) is 0 Å². The van der Waals surface area contributed by atoms with Crippen molar-refractivity contribution in [1.29, 1.82) is 0 Å². The number of nitrogens with one attached hydrogen (secondary N) is 1. The van der Waals surface area contributed by atoms with Crippen LogP contribution >= 0.6 is 22.9 Å². The quantitative estimate of drug-likeness (QED) is 0.545. The summed E-state index contributed by atoms with van der Waals surface area (Å²) < 4.78 is 1.04. The van der Waals surface area contributed by atoms with Crippen LogP contribution < -0.4 is 5.32 Å². The molecule has 0 bridgehead atoms. The number of carbonyl (C=O) groups is 2. The van der Waals surface area contributed by atoms with Gasteiger partial charge < -0.3 is 5.32 Å². The molecule has 0 unspecified atom stereocenters. The van der Waals surface area contributed by atoms with Crippen LogP contribution in [0, 0.1) is 5.92 Å². The zero-order valence-electron chi connectivity index (χ0n) is 15.8. The van der Waals surface area contributed by atoms with Gasteiger partial charge in [0, 0.05) is 30.8 Å². The molecule has 0 radical (unpaired) electrons. The minimum Gasteiger partial charge on any atom is -0.356 e. The van der Waals surface area contributed by atoms with E-state index in [2.05, 4.69) is 10.3 Å². The number of fused-ring (bicyclic) bond motifs is 1. The number of carbonyl (C=O) groups excluding carboxylic acids is 2. The number of Topliss-reactive ketones (excluding diaryl/α,β-unsaturated/α-hetero) is 1. The molecule has 146 valence electrons. The molecule has 1 amide bonds. The molecule has 0 fully saturated rings. The van der Waals surface area contributed by atoms with Crippen molar-refractivity contribution in [3.63, 3.8) is 0 Å². The predicted molar refractivity (Wildman–Crippen MR) is 115 cm³/mol. The molecule has 0 aliphatic rings. The normalized spacial score (nSPS) is 12.1. The van der Waals surface area contributed by atoms with Gasteiger partial charge in [-0.15, -0.1) is 11.3 Å². The minimum atomic E-state index is -0.0313. The number of hydrogen-bond acceptors (Lipinski definition) is 4. The van der Waals surface area contributed by atoms with Crippen molar-refractivity contribution in [2.24, 2.45) is 5.92 Å². The van der Waals surface area contributed by atoms with Gasteiger partial charge in [-0.05, 0) is 29.7 Å². The fourth-order valence-electron chi connectivity index (χ4n) is 3.07. The molecular formula is C22H23ClN2O2S. The number of nitrogens with zero attached hydrogens (tertiary/aromatic N) is 1. The molecule has 1 aromatic heterocycles. The van der Waals surface area contributed by atoms with Crippen LogP contribution in [-0.2, 0) is 22.4 Å². The molecule has 1 heterocycles. The molecule has 1 N–H and O–H groups in total. The lowest BCUT2D eigenvalue weighted by molar-refractivity contribution is -0.122. The van der Waals surface area contributed by atoms with Crippen LogP contribution in [0.25, 0.3) is 10.2 Å². The van der Waals surface area contributed by atoms with Gasteiger partial charge in [-0.1, -0.05) is 48.9 Å². The highest BCUT2D eigenvalue weighted by Gasteiger charge is 2.17. The summed E-state index contributed by atoms with van der Waals surface area (Å²) in [6.45, 7) is 2.33. The Hall–Kier alpha value is -2.24. The monoisotopic (exact) mass is 414 g/mol. The van der Waals surface area contributed by atoms with Gasteiger partial charge >= 0.3 is 0 Å². The highest BCUT2D eigenvalue weighted by molar-refractivity contribution is 7.18. The van der Waals surface area contributed by atoms with Gasteiger partial charge in [0.25, 0.3) is 0 Å². The number of rotatable bonds is 9. The standard InChI is InChI=1S/C22H23ClN2O2S/c1-2-18(26)10-16(14-24-21(27)11-15-6-4-3-5-7-15)12-22-25-19-9-8-17(23)13-20(19)28-22/h3-9,13,16H,2,10-12,14H2,1H3,(H,24,27)/t16-/m0/s1. The summed E-state index contributed by atoms with van der Waals surface area (Å²) in [5.41, 5.74) is 1.89. The van der Waals surface area contributed by atoms with Crippen molar-refractivity contribution < 1.29 is 9.59 Å². The fraction of sp³-hybridized carbons (Fsp3) is 0.318. The van der Waals surface area contributed by atoms with E-state index in [1.807, 2.05) is 55.5 Å². The highest BCUT2D eigenvalue weighted by Crippen LogP contribution is 2.27. The van der Waals surface area contributed by atoms with Crippen molar-refractivity contribution in [2.45, 2.75) is 32.6 Å². The lowest BCUT2D eigenvalue weighted by Gasteiger charge is -2.16. The van der Waals surface area contributed by atoms with Gasteiger partial charge in [0.05, 0.1) is 21.6 Å². The average molecular weight is 415 g/mol. The number of benzene rings is 2. The molecule has 0 spiro atoms. The Kier molecular flexibility index (Phi) is 7.18. The van der Waals surface area contributed by atoms with Gasteiger partial charge in [0.2, 0.25) is 5.91 Å². The zero-order chi connectivity index (χ0) is 19.9. The molecule has 6 heteroatoms. The van der Waals surface area contributed by atoms with Gasteiger partial charge in [0.1, 0.15) is 5.78 Å². The summed E-state index contributed by atoms with van der Waals surface area (Å²) >= 11 is 7.65. The maximum atomic E-state index is 12.3. The molecular weight excluding hydrogens is 392 g/mol. The van der Waals surface area contributed by atoms with Crippen LogP contribution in [0.2, 0.25) is 5.02 Å². The molecule has 0 aliphatic heterocycles. The first-order valence-corrected chi connectivity index (χ1v) is 10.6. The van der Waals surface area contributed by atoms with Crippen LogP contribution in [0.4, 0.5) is 0 Å².